The molecule has 0 aromatic carbocycles. The normalized spacial score (nSPS) is 11.3. The molecule has 0 radical (unpaired) electrons. The van der Waals surface area contributed by atoms with Gasteiger partial charge in [-0.05, 0) is 46.3 Å². The molecule has 2 aromatic heterocycles. The van der Waals surface area contributed by atoms with Gasteiger partial charge in [-0.3, -0.25) is 14.9 Å². The zero-order valence-electron chi connectivity index (χ0n) is 10.4. The molecule has 0 atom stereocenters. The van der Waals surface area contributed by atoms with Crippen molar-refractivity contribution < 1.29 is 18.6 Å². The molecule has 0 bridgehead atoms. The first-order valence-electron chi connectivity index (χ1n) is 5.56. The third kappa shape index (κ3) is 4.14. The Morgan fingerprint density at radius 2 is 2.14 bits per heavy atom. The van der Waals surface area contributed by atoms with Crippen LogP contribution in [0.3, 0.4) is 0 Å². The number of hydrazone groups is 1. The second-order valence-electron chi connectivity index (χ2n) is 3.62. The Labute approximate surface area is 126 Å². The summed E-state index contributed by atoms with van der Waals surface area (Å²) < 4.78 is 10.4. The second-order valence-corrected chi connectivity index (χ2v) is 4.40. The summed E-state index contributed by atoms with van der Waals surface area (Å²) in [5.41, 5.74) is 2.25. The minimum atomic E-state index is -0.632. The zero-order valence-corrected chi connectivity index (χ0v) is 11.9. The van der Waals surface area contributed by atoms with Gasteiger partial charge in [0.25, 0.3) is 0 Å². The molecule has 0 spiro atoms. The lowest BCUT2D eigenvalue weighted by atomic mass is 10.4. The summed E-state index contributed by atoms with van der Waals surface area (Å²) in [6.07, 6.45) is 4.22. The van der Waals surface area contributed by atoms with Crippen LogP contribution in [0.5, 0.6) is 0 Å². The second kappa shape index (κ2) is 6.66. The molecular weight excluding hydrogens is 346 g/mol. The van der Waals surface area contributed by atoms with Crippen molar-refractivity contribution in [3.05, 3.63) is 56.6 Å². The summed E-state index contributed by atoms with van der Waals surface area (Å²) in [5.74, 6) is -0.429. The first-order valence-corrected chi connectivity index (χ1v) is 6.35. The minimum absolute atomic E-state index is 0.115. The summed E-state index contributed by atoms with van der Waals surface area (Å²) in [6, 6.07) is 5.77. The fraction of sp³-hybridized carbons (Fsp3) is 0. The first-order chi connectivity index (χ1) is 10.1. The van der Waals surface area contributed by atoms with Gasteiger partial charge in [0.05, 0.1) is 6.07 Å². The molecular formula is C12H8BrN3O5. The molecule has 2 rings (SSSR count). The number of halogens is 1. The molecule has 21 heavy (non-hydrogen) atoms. The van der Waals surface area contributed by atoms with Crippen LogP contribution in [0.25, 0.3) is 6.08 Å². The van der Waals surface area contributed by atoms with Crippen molar-refractivity contribution in [2.45, 2.75) is 0 Å². The van der Waals surface area contributed by atoms with Gasteiger partial charge in [0, 0.05) is 6.21 Å². The average molecular weight is 354 g/mol. The van der Waals surface area contributed by atoms with Gasteiger partial charge in [-0.25, -0.2) is 5.43 Å². The Bertz CT molecular complexity index is 716. The molecule has 0 saturated heterocycles. The number of nitrogens with one attached hydrogen (secondary N) is 1. The number of amides is 1. The van der Waals surface area contributed by atoms with Crippen LogP contribution in [-0.4, -0.2) is 17.0 Å². The molecule has 0 unspecified atom stereocenters. The standard InChI is InChI=1S/C12H8BrN3O5/c13-10-5-4-9(21-10)12(17)15-14-7-1-2-8-3-6-11(20-8)16(18)19/h1-7H,(H,15,17)/b2-1+,14-7+. The Hall–Kier alpha value is -2.68. The van der Waals surface area contributed by atoms with E-state index in [-0.39, 0.29) is 11.6 Å². The maximum atomic E-state index is 11.5. The summed E-state index contributed by atoms with van der Waals surface area (Å²) in [5, 5.41) is 14.1. The van der Waals surface area contributed by atoms with E-state index < -0.39 is 10.8 Å². The number of nitrogens with zero attached hydrogens (tertiary/aromatic N) is 2. The van der Waals surface area contributed by atoms with Gasteiger partial charge in [0.15, 0.2) is 10.4 Å². The van der Waals surface area contributed by atoms with E-state index >= 15 is 0 Å². The molecule has 0 saturated carbocycles. The fourth-order valence-corrected chi connectivity index (χ4v) is 1.60. The SMILES string of the molecule is O=C(N/N=C/C=C/c1ccc([N+](=O)[O-])o1)c1ccc(Br)o1. The quantitative estimate of drug-likeness (QED) is 0.504. The molecule has 108 valence electrons. The number of carbonyl (C=O) groups is 1. The maximum absolute atomic E-state index is 11.5. The highest BCUT2D eigenvalue weighted by Gasteiger charge is 2.10. The molecule has 2 heterocycles. The van der Waals surface area contributed by atoms with E-state index in [0.717, 1.165) is 0 Å². The number of carbonyl (C=O) groups excluding carboxylic acids is 1. The van der Waals surface area contributed by atoms with Crippen molar-refractivity contribution in [2.24, 2.45) is 5.10 Å². The van der Waals surface area contributed by atoms with E-state index in [0.29, 0.717) is 10.4 Å². The maximum Gasteiger partial charge on any atom is 0.433 e. The van der Waals surface area contributed by atoms with Crippen LogP contribution >= 0.6 is 15.9 Å². The number of allylic oxidation sites excluding steroid dienone is 1. The molecule has 8 nitrogen and oxygen atoms in total. The van der Waals surface area contributed by atoms with Crippen LogP contribution in [0, 0.1) is 10.1 Å². The van der Waals surface area contributed by atoms with E-state index in [1.165, 1.54) is 36.6 Å². The Balaban J connectivity index is 1.85. The van der Waals surface area contributed by atoms with Gasteiger partial charge < -0.3 is 8.83 Å². The Morgan fingerprint density at radius 1 is 1.33 bits per heavy atom. The van der Waals surface area contributed by atoms with Crippen molar-refractivity contribution in [3.63, 3.8) is 0 Å². The van der Waals surface area contributed by atoms with E-state index in [1.807, 2.05) is 0 Å². The lowest BCUT2D eigenvalue weighted by Crippen LogP contribution is -2.16. The largest absolute Gasteiger partial charge is 0.444 e. The first kappa shape index (κ1) is 14.7. The van der Waals surface area contributed by atoms with Gasteiger partial charge in [0.1, 0.15) is 10.7 Å². The third-order valence-electron chi connectivity index (χ3n) is 2.18. The topological polar surface area (TPSA) is 111 Å². The highest BCUT2D eigenvalue weighted by molar-refractivity contribution is 9.10. The molecule has 0 aliphatic carbocycles. The summed E-state index contributed by atoms with van der Waals surface area (Å²) in [4.78, 5) is 21.3. The molecule has 2 aromatic rings. The third-order valence-corrected chi connectivity index (χ3v) is 2.60. The molecule has 0 aliphatic rings. The smallest absolute Gasteiger partial charge is 0.433 e. The monoisotopic (exact) mass is 353 g/mol. The van der Waals surface area contributed by atoms with Crippen molar-refractivity contribution in [2.75, 3.05) is 0 Å². The van der Waals surface area contributed by atoms with Gasteiger partial charge in [-0.2, -0.15) is 5.10 Å². The van der Waals surface area contributed by atoms with E-state index in [4.69, 9.17) is 8.83 Å². The van der Waals surface area contributed by atoms with Gasteiger partial charge >= 0.3 is 11.8 Å². The van der Waals surface area contributed by atoms with Gasteiger partial charge in [0.2, 0.25) is 0 Å². The highest BCUT2D eigenvalue weighted by atomic mass is 79.9. The minimum Gasteiger partial charge on any atom is -0.444 e. The number of hydrogen-bond donors (Lipinski definition) is 1. The Kier molecular flexibility index (Phi) is 4.67. The highest BCUT2D eigenvalue weighted by Crippen LogP contribution is 2.16. The summed E-state index contributed by atoms with van der Waals surface area (Å²) in [6.45, 7) is 0. The van der Waals surface area contributed by atoms with E-state index in [2.05, 4.69) is 26.5 Å². The van der Waals surface area contributed by atoms with Crippen LogP contribution in [0.15, 0.2) is 48.9 Å². The molecule has 9 heteroatoms. The molecule has 1 N–H and O–H groups in total. The van der Waals surface area contributed by atoms with Crippen molar-refractivity contribution >= 4 is 40.0 Å². The average Bonchev–Trinajstić information content (AvgIpc) is 3.07. The lowest BCUT2D eigenvalue weighted by Gasteiger charge is -1.93. The number of nitro groups is 1. The van der Waals surface area contributed by atoms with E-state index in [9.17, 15) is 14.9 Å². The van der Waals surface area contributed by atoms with Crippen LogP contribution < -0.4 is 5.43 Å². The molecule has 0 aliphatic heterocycles. The predicted octanol–water partition coefficient (Wildman–Crippen LogP) is 2.97. The Morgan fingerprint density at radius 3 is 2.76 bits per heavy atom. The zero-order chi connectivity index (χ0) is 15.2. The number of rotatable bonds is 5. The van der Waals surface area contributed by atoms with Crippen LogP contribution in [0.1, 0.15) is 16.3 Å². The van der Waals surface area contributed by atoms with Crippen molar-refractivity contribution in [3.8, 4) is 0 Å². The van der Waals surface area contributed by atoms with Crippen LogP contribution in [0.2, 0.25) is 0 Å². The van der Waals surface area contributed by atoms with Gasteiger partial charge in [-0.1, -0.05) is 0 Å². The molecule has 1 amide bonds. The number of hydrogen-bond acceptors (Lipinski definition) is 6. The van der Waals surface area contributed by atoms with Crippen LogP contribution in [0.4, 0.5) is 5.88 Å². The van der Waals surface area contributed by atoms with Crippen molar-refractivity contribution in [1.82, 2.24) is 5.43 Å². The van der Waals surface area contributed by atoms with Crippen molar-refractivity contribution in [1.29, 1.82) is 0 Å². The van der Waals surface area contributed by atoms with E-state index in [1.54, 1.807) is 6.07 Å². The fourth-order valence-electron chi connectivity index (χ4n) is 1.30. The van der Waals surface area contributed by atoms with Crippen LogP contribution in [-0.2, 0) is 0 Å². The molecule has 0 fully saturated rings. The lowest BCUT2D eigenvalue weighted by molar-refractivity contribution is -0.402. The summed E-state index contributed by atoms with van der Waals surface area (Å²) in [7, 11) is 0. The number of furan rings is 2. The summed E-state index contributed by atoms with van der Waals surface area (Å²) >= 11 is 3.08. The van der Waals surface area contributed by atoms with Gasteiger partial charge in [-0.15, -0.1) is 0 Å². The predicted molar refractivity (Wildman–Crippen MR) is 76.8 cm³/mol.